The lowest BCUT2D eigenvalue weighted by atomic mass is 10.0. The van der Waals surface area contributed by atoms with Crippen LogP contribution in [0.3, 0.4) is 0 Å². The summed E-state index contributed by atoms with van der Waals surface area (Å²) in [5, 5.41) is 0. The van der Waals surface area contributed by atoms with Gasteiger partial charge in [-0.15, -0.1) is 0 Å². The number of aromatic nitrogens is 2. The molecule has 1 aromatic carbocycles. The summed E-state index contributed by atoms with van der Waals surface area (Å²) in [5.41, 5.74) is 0.566. The molecule has 0 aliphatic carbocycles. The number of carbonyl (C=O) groups is 1. The normalized spacial score (nSPS) is 20.8. The molecule has 2 aliphatic heterocycles. The van der Waals surface area contributed by atoms with Crippen LogP contribution in [-0.2, 0) is 0 Å². The molecule has 3 heterocycles. The first-order valence-electron chi connectivity index (χ1n) is 9.26. The van der Waals surface area contributed by atoms with Gasteiger partial charge in [-0.3, -0.25) is 4.79 Å². The van der Waals surface area contributed by atoms with Gasteiger partial charge < -0.3 is 24.0 Å². The number of benzene rings is 1. The Hall–Kier alpha value is -3.03. The maximum atomic E-state index is 13.0. The summed E-state index contributed by atoms with van der Waals surface area (Å²) < 4.78 is 15.8. The van der Waals surface area contributed by atoms with Crippen molar-refractivity contribution in [1.82, 2.24) is 14.9 Å². The predicted octanol–water partition coefficient (Wildman–Crippen LogP) is 1.71. The van der Waals surface area contributed by atoms with E-state index >= 15 is 0 Å². The van der Waals surface area contributed by atoms with E-state index in [0.717, 1.165) is 26.2 Å². The van der Waals surface area contributed by atoms with Gasteiger partial charge in [0.2, 0.25) is 11.8 Å². The first kappa shape index (κ1) is 18.3. The van der Waals surface area contributed by atoms with E-state index in [0.29, 0.717) is 40.7 Å². The molecule has 8 heteroatoms. The second-order valence-electron chi connectivity index (χ2n) is 7.10. The van der Waals surface area contributed by atoms with Gasteiger partial charge in [0.1, 0.15) is 11.5 Å². The van der Waals surface area contributed by atoms with Gasteiger partial charge >= 0.3 is 0 Å². The van der Waals surface area contributed by atoms with Gasteiger partial charge in [0.15, 0.2) is 0 Å². The minimum atomic E-state index is -0.00177. The summed E-state index contributed by atoms with van der Waals surface area (Å²) in [7, 11) is 4.76. The van der Waals surface area contributed by atoms with Crippen molar-refractivity contribution in [2.75, 3.05) is 52.4 Å². The minimum absolute atomic E-state index is 0.00177. The van der Waals surface area contributed by atoms with Crippen molar-refractivity contribution in [1.29, 1.82) is 0 Å². The highest BCUT2D eigenvalue weighted by atomic mass is 16.5. The molecule has 0 saturated carbocycles. The maximum Gasteiger partial charge on any atom is 0.257 e. The number of ether oxygens (including phenoxy) is 3. The van der Waals surface area contributed by atoms with Crippen molar-refractivity contribution < 1.29 is 19.0 Å². The molecule has 28 heavy (non-hydrogen) atoms. The SMILES string of the molecule is COc1ccc(C(=O)N2CC3CN(c4nccc(OC)n4)CC3C2)c(OC)c1. The van der Waals surface area contributed by atoms with Crippen molar-refractivity contribution in [3.63, 3.8) is 0 Å². The molecule has 2 unspecified atom stereocenters. The average molecular weight is 384 g/mol. The number of likely N-dealkylation sites (tertiary alicyclic amines) is 1. The number of hydrogen-bond acceptors (Lipinski definition) is 7. The third-order valence-electron chi connectivity index (χ3n) is 5.52. The smallest absolute Gasteiger partial charge is 0.257 e. The summed E-state index contributed by atoms with van der Waals surface area (Å²) in [6, 6.07) is 7.04. The molecule has 2 saturated heterocycles. The van der Waals surface area contributed by atoms with Gasteiger partial charge in [-0.2, -0.15) is 4.98 Å². The van der Waals surface area contributed by atoms with Crippen LogP contribution in [0.25, 0.3) is 0 Å². The Bertz CT molecular complexity index is 861. The summed E-state index contributed by atoms with van der Waals surface area (Å²) in [4.78, 5) is 25.9. The molecule has 2 atom stereocenters. The van der Waals surface area contributed by atoms with Crippen molar-refractivity contribution in [2.24, 2.45) is 11.8 Å². The number of carbonyl (C=O) groups excluding carboxylic acids is 1. The molecule has 4 rings (SSSR count). The van der Waals surface area contributed by atoms with E-state index in [4.69, 9.17) is 14.2 Å². The Labute approximate surface area is 164 Å². The van der Waals surface area contributed by atoms with Crippen molar-refractivity contribution in [3.8, 4) is 17.4 Å². The largest absolute Gasteiger partial charge is 0.497 e. The van der Waals surface area contributed by atoms with Crippen LogP contribution < -0.4 is 19.1 Å². The van der Waals surface area contributed by atoms with Gasteiger partial charge in [0, 0.05) is 56.3 Å². The minimum Gasteiger partial charge on any atom is -0.497 e. The van der Waals surface area contributed by atoms with Crippen LogP contribution in [0.1, 0.15) is 10.4 Å². The van der Waals surface area contributed by atoms with E-state index in [2.05, 4.69) is 14.9 Å². The molecule has 2 fully saturated rings. The lowest BCUT2D eigenvalue weighted by Gasteiger charge is -2.22. The zero-order chi connectivity index (χ0) is 19.7. The Kier molecular flexibility index (Phi) is 4.93. The third kappa shape index (κ3) is 3.30. The molecule has 2 aliphatic rings. The second-order valence-corrected chi connectivity index (χ2v) is 7.10. The van der Waals surface area contributed by atoms with Crippen molar-refractivity contribution in [2.45, 2.75) is 0 Å². The fraction of sp³-hybridized carbons (Fsp3) is 0.450. The highest BCUT2D eigenvalue weighted by Crippen LogP contribution is 2.35. The fourth-order valence-corrected chi connectivity index (χ4v) is 4.07. The van der Waals surface area contributed by atoms with Crippen LogP contribution in [0.5, 0.6) is 17.4 Å². The molecule has 1 amide bonds. The lowest BCUT2D eigenvalue weighted by molar-refractivity contribution is 0.0779. The zero-order valence-electron chi connectivity index (χ0n) is 16.3. The highest BCUT2D eigenvalue weighted by molar-refractivity contribution is 5.97. The second kappa shape index (κ2) is 7.53. The monoisotopic (exact) mass is 384 g/mol. The first-order valence-corrected chi connectivity index (χ1v) is 9.26. The number of amides is 1. The topological polar surface area (TPSA) is 77.0 Å². The van der Waals surface area contributed by atoms with Crippen LogP contribution in [0, 0.1) is 11.8 Å². The molecule has 0 N–H and O–H groups in total. The predicted molar refractivity (Wildman–Crippen MR) is 103 cm³/mol. The van der Waals surface area contributed by atoms with Crippen LogP contribution >= 0.6 is 0 Å². The van der Waals surface area contributed by atoms with Crippen LogP contribution in [-0.4, -0.2) is 68.3 Å². The zero-order valence-corrected chi connectivity index (χ0v) is 16.3. The average Bonchev–Trinajstić information content (AvgIpc) is 3.32. The molecule has 2 aromatic rings. The standard InChI is InChI=1S/C20H24N4O4/c1-26-15-4-5-16(17(8-15)27-2)19(25)23-9-13-11-24(12-14(13)10-23)20-21-7-6-18(22-20)28-3/h4-8,13-14H,9-12H2,1-3H3. The molecule has 148 valence electrons. The number of nitrogens with zero attached hydrogens (tertiary/aromatic N) is 4. The van der Waals surface area contributed by atoms with E-state index in [1.807, 2.05) is 4.90 Å². The molecule has 0 radical (unpaired) electrons. The maximum absolute atomic E-state index is 13.0. The van der Waals surface area contributed by atoms with Gasteiger partial charge in [-0.05, 0) is 12.1 Å². The Morgan fingerprint density at radius 2 is 1.75 bits per heavy atom. The summed E-state index contributed by atoms with van der Waals surface area (Å²) in [6.45, 7) is 3.11. The number of rotatable bonds is 5. The number of fused-ring (bicyclic) bond motifs is 1. The molecule has 0 spiro atoms. The number of methoxy groups -OCH3 is 3. The quantitative estimate of drug-likeness (QED) is 0.777. The molecule has 0 bridgehead atoms. The molecule has 1 aromatic heterocycles. The van der Waals surface area contributed by atoms with E-state index < -0.39 is 0 Å². The lowest BCUT2D eigenvalue weighted by Crippen LogP contribution is -2.34. The van der Waals surface area contributed by atoms with Gasteiger partial charge in [0.05, 0.1) is 26.9 Å². The van der Waals surface area contributed by atoms with E-state index in [-0.39, 0.29) is 5.91 Å². The molecular formula is C20H24N4O4. The van der Waals surface area contributed by atoms with E-state index in [1.165, 1.54) is 0 Å². The van der Waals surface area contributed by atoms with Gasteiger partial charge in [0.25, 0.3) is 5.91 Å². The Morgan fingerprint density at radius 3 is 2.39 bits per heavy atom. The van der Waals surface area contributed by atoms with Crippen molar-refractivity contribution in [3.05, 3.63) is 36.0 Å². The fourth-order valence-electron chi connectivity index (χ4n) is 4.07. The van der Waals surface area contributed by atoms with Crippen LogP contribution in [0.4, 0.5) is 5.95 Å². The first-order chi connectivity index (χ1) is 13.6. The van der Waals surface area contributed by atoms with Gasteiger partial charge in [-0.25, -0.2) is 4.98 Å². The summed E-state index contributed by atoms with van der Waals surface area (Å²) in [5.74, 6) is 3.26. The van der Waals surface area contributed by atoms with Crippen LogP contribution in [0.2, 0.25) is 0 Å². The number of anilines is 1. The Morgan fingerprint density at radius 1 is 1.00 bits per heavy atom. The van der Waals surface area contributed by atoms with E-state index in [1.54, 1.807) is 51.8 Å². The van der Waals surface area contributed by atoms with Gasteiger partial charge in [-0.1, -0.05) is 0 Å². The van der Waals surface area contributed by atoms with Crippen molar-refractivity contribution >= 4 is 11.9 Å². The summed E-state index contributed by atoms with van der Waals surface area (Å²) in [6.07, 6.45) is 1.71. The Balaban J connectivity index is 1.44. The van der Waals surface area contributed by atoms with Crippen LogP contribution in [0.15, 0.2) is 30.5 Å². The third-order valence-corrected chi connectivity index (χ3v) is 5.52. The molecular weight excluding hydrogens is 360 g/mol. The van der Waals surface area contributed by atoms with E-state index in [9.17, 15) is 4.79 Å². The molecule has 8 nitrogen and oxygen atoms in total. The summed E-state index contributed by atoms with van der Waals surface area (Å²) >= 11 is 0. The number of hydrogen-bond donors (Lipinski definition) is 0. The highest BCUT2D eigenvalue weighted by Gasteiger charge is 2.42.